The number of esters is 1. The van der Waals surface area contributed by atoms with Gasteiger partial charge in [-0.05, 0) is 42.5 Å². The van der Waals surface area contributed by atoms with Crippen LogP contribution in [0.25, 0.3) is 0 Å². The zero-order valence-corrected chi connectivity index (χ0v) is 13.2. The molecule has 0 atom stereocenters. The van der Waals surface area contributed by atoms with Crippen LogP contribution in [0.3, 0.4) is 0 Å². The van der Waals surface area contributed by atoms with Gasteiger partial charge in [0.25, 0.3) is 5.91 Å². The largest absolute Gasteiger partial charge is 0.423 e. The highest BCUT2D eigenvalue weighted by Gasteiger charge is 2.30. The van der Waals surface area contributed by atoms with Crippen LogP contribution in [0, 0.1) is 0 Å². The van der Waals surface area contributed by atoms with Gasteiger partial charge in [-0.15, -0.1) is 0 Å². The number of benzene rings is 2. The summed E-state index contributed by atoms with van der Waals surface area (Å²) in [5, 5.41) is 2.27. The molecule has 9 heteroatoms. The third kappa shape index (κ3) is 5.07. The second kappa shape index (κ2) is 7.68. The summed E-state index contributed by atoms with van der Waals surface area (Å²) in [6, 6.07) is 9.03. The molecular weight excluding hydrogens is 353 g/mol. The van der Waals surface area contributed by atoms with Gasteiger partial charge in [0.1, 0.15) is 5.75 Å². The minimum absolute atomic E-state index is 0.0154. The van der Waals surface area contributed by atoms with Crippen LogP contribution in [0.4, 0.5) is 13.2 Å². The smallest absolute Gasteiger partial charge is 0.416 e. The Labute approximate surface area is 145 Å². The van der Waals surface area contributed by atoms with Crippen molar-refractivity contribution in [2.45, 2.75) is 6.18 Å². The van der Waals surface area contributed by atoms with Crippen molar-refractivity contribution in [1.29, 1.82) is 0 Å². The lowest BCUT2D eigenvalue weighted by atomic mass is 10.1. The zero-order valence-electron chi connectivity index (χ0n) is 13.2. The fourth-order valence-corrected chi connectivity index (χ4v) is 1.93. The number of ether oxygens (including phenoxy) is 1. The van der Waals surface area contributed by atoms with E-state index < -0.39 is 29.5 Å². The van der Waals surface area contributed by atoms with Gasteiger partial charge in [0.15, 0.2) is 0 Å². The average Bonchev–Trinajstić information content (AvgIpc) is 2.59. The van der Waals surface area contributed by atoms with Crippen molar-refractivity contribution in [3.05, 3.63) is 65.2 Å². The number of carbonyl (C=O) groups is 3. The molecule has 2 aromatic rings. The Morgan fingerprint density at radius 2 is 1.65 bits per heavy atom. The summed E-state index contributed by atoms with van der Waals surface area (Å²) >= 11 is 0. The fourth-order valence-electron chi connectivity index (χ4n) is 1.93. The molecule has 0 saturated heterocycles. The molecule has 2 aromatic carbocycles. The highest BCUT2D eigenvalue weighted by atomic mass is 19.4. The van der Waals surface area contributed by atoms with Crippen molar-refractivity contribution in [3.63, 3.8) is 0 Å². The maximum atomic E-state index is 12.5. The zero-order chi connectivity index (χ0) is 19.3. The Bertz CT molecular complexity index is 833. The van der Waals surface area contributed by atoms with Crippen LogP contribution < -0.4 is 15.8 Å². The molecule has 0 aromatic heterocycles. The first-order valence-electron chi connectivity index (χ1n) is 7.23. The molecule has 0 unspecified atom stereocenters. The highest BCUT2D eigenvalue weighted by molar-refractivity contribution is 5.97. The van der Waals surface area contributed by atoms with E-state index in [1.807, 2.05) is 0 Å². The van der Waals surface area contributed by atoms with Crippen LogP contribution in [-0.4, -0.2) is 24.3 Å². The van der Waals surface area contributed by atoms with Crippen LogP contribution in [0.1, 0.15) is 26.3 Å². The van der Waals surface area contributed by atoms with Crippen molar-refractivity contribution in [3.8, 4) is 5.75 Å². The molecule has 0 bridgehead atoms. The number of rotatable bonds is 5. The summed E-state index contributed by atoms with van der Waals surface area (Å²) in [5.74, 6) is -2.19. The fraction of sp³-hybridized carbons (Fsp3) is 0.118. The number of alkyl halides is 3. The van der Waals surface area contributed by atoms with Gasteiger partial charge < -0.3 is 15.8 Å². The first-order chi connectivity index (χ1) is 12.2. The number of amides is 2. The van der Waals surface area contributed by atoms with E-state index in [4.69, 9.17) is 10.5 Å². The van der Waals surface area contributed by atoms with Crippen LogP contribution >= 0.6 is 0 Å². The van der Waals surface area contributed by atoms with Crippen molar-refractivity contribution in [2.75, 3.05) is 6.54 Å². The quantitative estimate of drug-likeness (QED) is 0.626. The summed E-state index contributed by atoms with van der Waals surface area (Å²) in [4.78, 5) is 34.5. The van der Waals surface area contributed by atoms with E-state index in [1.54, 1.807) is 0 Å². The Morgan fingerprint density at radius 1 is 1.00 bits per heavy atom. The van der Waals surface area contributed by atoms with E-state index in [-0.39, 0.29) is 23.4 Å². The SMILES string of the molecule is NC(=O)CNC(=O)c1cccc(OC(=O)c2ccc(C(F)(F)F)cc2)c1. The Hall–Kier alpha value is -3.36. The molecule has 0 saturated carbocycles. The van der Waals surface area contributed by atoms with E-state index in [2.05, 4.69) is 5.32 Å². The number of primary amides is 1. The predicted octanol–water partition coefficient (Wildman–Crippen LogP) is 2.14. The first-order valence-corrected chi connectivity index (χ1v) is 7.23. The number of nitrogens with two attached hydrogens (primary N) is 1. The number of nitrogens with one attached hydrogen (secondary N) is 1. The summed E-state index contributed by atoms with van der Waals surface area (Å²) < 4.78 is 42.6. The second-order valence-corrected chi connectivity index (χ2v) is 5.14. The molecule has 0 spiro atoms. The summed E-state index contributed by atoms with van der Waals surface area (Å²) in [7, 11) is 0. The molecule has 136 valence electrons. The number of hydrogen-bond acceptors (Lipinski definition) is 4. The van der Waals surface area contributed by atoms with E-state index in [1.165, 1.54) is 24.3 Å². The monoisotopic (exact) mass is 366 g/mol. The van der Waals surface area contributed by atoms with Crippen molar-refractivity contribution < 1.29 is 32.3 Å². The minimum atomic E-state index is -4.50. The van der Waals surface area contributed by atoms with E-state index in [0.29, 0.717) is 0 Å². The maximum absolute atomic E-state index is 12.5. The molecule has 0 aliphatic heterocycles. The van der Waals surface area contributed by atoms with Gasteiger partial charge in [-0.25, -0.2) is 4.79 Å². The van der Waals surface area contributed by atoms with Crippen molar-refractivity contribution in [2.24, 2.45) is 5.73 Å². The molecule has 0 heterocycles. The lowest BCUT2D eigenvalue weighted by Gasteiger charge is -2.09. The number of carbonyl (C=O) groups excluding carboxylic acids is 3. The van der Waals surface area contributed by atoms with E-state index >= 15 is 0 Å². The van der Waals surface area contributed by atoms with Gasteiger partial charge in [0.2, 0.25) is 5.91 Å². The molecule has 0 fully saturated rings. The molecule has 3 N–H and O–H groups in total. The average molecular weight is 366 g/mol. The van der Waals surface area contributed by atoms with Crippen molar-refractivity contribution in [1.82, 2.24) is 5.32 Å². The molecule has 26 heavy (non-hydrogen) atoms. The Kier molecular flexibility index (Phi) is 5.61. The second-order valence-electron chi connectivity index (χ2n) is 5.14. The topological polar surface area (TPSA) is 98.5 Å². The van der Waals surface area contributed by atoms with E-state index in [0.717, 1.165) is 24.3 Å². The van der Waals surface area contributed by atoms with Crippen molar-refractivity contribution >= 4 is 17.8 Å². The van der Waals surface area contributed by atoms with Gasteiger partial charge in [-0.1, -0.05) is 6.07 Å². The molecule has 2 amide bonds. The summed E-state index contributed by atoms with van der Waals surface area (Å²) in [5.41, 5.74) is 4.07. The van der Waals surface area contributed by atoms with Gasteiger partial charge >= 0.3 is 12.1 Å². The van der Waals surface area contributed by atoms with Crippen LogP contribution in [0.2, 0.25) is 0 Å². The third-order valence-electron chi connectivity index (χ3n) is 3.18. The summed E-state index contributed by atoms with van der Waals surface area (Å²) in [6.07, 6.45) is -4.50. The molecule has 2 rings (SSSR count). The van der Waals surface area contributed by atoms with E-state index in [9.17, 15) is 27.6 Å². The maximum Gasteiger partial charge on any atom is 0.416 e. The van der Waals surface area contributed by atoms with Gasteiger partial charge in [0, 0.05) is 5.56 Å². The minimum Gasteiger partial charge on any atom is -0.423 e. The van der Waals surface area contributed by atoms with Gasteiger partial charge in [-0.3, -0.25) is 9.59 Å². The Balaban J connectivity index is 2.08. The molecule has 0 aliphatic rings. The lowest BCUT2D eigenvalue weighted by molar-refractivity contribution is -0.137. The summed E-state index contributed by atoms with van der Waals surface area (Å²) in [6.45, 7) is -0.353. The highest BCUT2D eigenvalue weighted by Crippen LogP contribution is 2.29. The number of halogens is 3. The normalized spacial score (nSPS) is 10.9. The number of hydrogen-bond donors (Lipinski definition) is 2. The predicted molar refractivity (Wildman–Crippen MR) is 84.4 cm³/mol. The van der Waals surface area contributed by atoms with Crippen LogP contribution in [-0.2, 0) is 11.0 Å². The third-order valence-corrected chi connectivity index (χ3v) is 3.18. The molecular formula is C17H13F3N2O4. The first kappa shape index (κ1) is 19.0. The van der Waals surface area contributed by atoms with Crippen LogP contribution in [0.15, 0.2) is 48.5 Å². The van der Waals surface area contributed by atoms with Gasteiger partial charge in [0.05, 0.1) is 17.7 Å². The lowest BCUT2D eigenvalue weighted by Crippen LogP contribution is -2.33. The molecule has 0 radical (unpaired) electrons. The standard InChI is InChI=1S/C17H13F3N2O4/c18-17(19,20)12-6-4-10(5-7-12)16(25)26-13-3-1-2-11(8-13)15(24)22-9-14(21)23/h1-8H,9H2,(H2,21,23)(H,22,24). The molecule has 6 nitrogen and oxygen atoms in total. The Morgan fingerprint density at radius 3 is 2.23 bits per heavy atom. The van der Waals surface area contributed by atoms with Gasteiger partial charge in [-0.2, -0.15) is 13.2 Å². The molecule has 0 aliphatic carbocycles. The van der Waals surface area contributed by atoms with Crippen LogP contribution in [0.5, 0.6) is 5.75 Å².